The Morgan fingerprint density at radius 1 is 0.867 bits per heavy atom. The second-order valence-corrected chi connectivity index (χ2v) is 10.7. The van der Waals surface area contributed by atoms with Gasteiger partial charge in [-0.25, -0.2) is 19.6 Å². The summed E-state index contributed by atoms with van der Waals surface area (Å²) >= 11 is 0. The van der Waals surface area contributed by atoms with E-state index in [0.29, 0.717) is 49.1 Å². The van der Waals surface area contributed by atoms with E-state index in [1.54, 1.807) is 43.3 Å². The van der Waals surface area contributed by atoms with Crippen LogP contribution in [0.25, 0.3) is 11.4 Å². The summed E-state index contributed by atoms with van der Waals surface area (Å²) in [4.78, 5) is 35.1. The molecule has 3 aromatic rings. The van der Waals surface area contributed by atoms with Crippen LogP contribution in [0.1, 0.15) is 75.7 Å². The van der Waals surface area contributed by atoms with Crippen LogP contribution in [0.5, 0.6) is 5.75 Å². The number of para-hydroxylation sites is 1. The van der Waals surface area contributed by atoms with Crippen molar-refractivity contribution in [2.45, 2.75) is 65.2 Å². The third-order valence-electron chi connectivity index (χ3n) is 7.14. The maximum atomic E-state index is 12.2. The molecule has 0 spiro atoms. The smallest absolute Gasteiger partial charge is 0.358 e. The Hall–Kier alpha value is -4.22. The fraction of sp³-hybridized carbons (Fsp3) is 0.471. The van der Waals surface area contributed by atoms with Crippen molar-refractivity contribution >= 4 is 29.2 Å². The average Bonchev–Trinajstić information content (AvgIpc) is 3.06. The molecule has 2 aromatic carbocycles. The second kappa shape index (κ2) is 19.9. The highest BCUT2D eigenvalue weighted by atomic mass is 16.5. The summed E-state index contributed by atoms with van der Waals surface area (Å²) in [5, 5.41) is 15.3. The molecule has 1 aromatic heterocycles. The first-order valence-corrected chi connectivity index (χ1v) is 16.0. The minimum Gasteiger partial charge on any atom is -0.488 e. The van der Waals surface area contributed by atoms with Gasteiger partial charge >= 0.3 is 12.0 Å². The summed E-state index contributed by atoms with van der Waals surface area (Å²) < 4.78 is 11.1. The van der Waals surface area contributed by atoms with E-state index in [4.69, 9.17) is 15.2 Å². The first kappa shape index (κ1) is 35.3. The summed E-state index contributed by atoms with van der Waals surface area (Å²) in [6, 6.07) is 15.6. The number of carboxylic acid groups (broad SMARTS) is 1. The highest BCUT2D eigenvalue weighted by molar-refractivity contribution is 5.99. The number of nitrogens with two attached hydrogens (primary N) is 1. The first-order chi connectivity index (χ1) is 22.0. The van der Waals surface area contributed by atoms with Crippen molar-refractivity contribution in [1.29, 1.82) is 0 Å². The zero-order valence-corrected chi connectivity index (χ0v) is 26.6. The van der Waals surface area contributed by atoms with Crippen molar-refractivity contribution < 1.29 is 24.2 Å². The van der Waals surface area contributed by atoms with Gasteiger partial charge in [0.05, 0.1) is 19.8 Å². The molecule has 0 bridgehead atoms. The Balaban J connectivity index is 0.000000430. The number of nitrogens with zero attached hydrogens (tertiary/aromatic N) is 3. The zero-order chi connectivity index (χ0) is 32.3. The normalized spacial score (nSPS) is 12.6. The Labute approximate surface area is 266 Å². The average molecular weight is 621 g/mol. The number of aromatic nitrogens is 2. The topological polar surface area (TPSA) is 152 Å². The molecule has 4 rings (SSSR count). The number of rotatable bonds is 15. The van der Waals surface area contributed by atoms with Gasteiger partial charge in [-0.05, 0) is 56.3 Å². The van der Waals surface area contributed by atoms with Crippen LogP contribution in [0, 0.1) is 0 Å². The fourth-order valence-corrected chi connectivity index (χ4v) is 4.78. The van der Waals surface area contributed by atoms with Gasteiger partial charge in [0.25, 0.3) is 0 Å². The predicted molar refractivity (Wildman–Crippen MR) is 179 cm³/mol. The number of ether oxygens (including phenoxy) is 2. The molecule has 1 aliphatic heterocycles. The molecular formula is C34H48N6O5. The van der Waals surface area contributed by atoms with Crippen molar-refractivity contribution in [3.05, 3.63) is 60.3 Å². The van der Waals surface area contributed by atoms with Gasteiger partial charge in [-0.3, -0.25) is 0 Å². The van der Waals surface area contributed by atoms with Crippen molar-refractivity contribution in [3.8, 4) is 17.1 Å². The molecule has 1 saturated heterocycles. The number of morpholine rings is 1. The van der Waals surface area contributed by atoms with Gasteiger partial charge in [0.2, 0.25) is 0 Å². The van der Waals surface area contributed by atoms with Gasteiger partial charge in [-0.2, -0.15) is 0 Å². The molecule has 0 atom stereocenters. The number of nitrogens with one attached hydrogen (secondary N) is 2. The van der Waals surface area contributed by atoms with E-state index in [1.807, 2.05) is 23.1 Å². The summed E-state index contributed by atoms with van der Waals surface area (Å²) in [5.41, 5.74) is 7.04. The number of anilines is 3. The van der Waals surface area contributed by atoms with Crippen LogP contribution in [0.3, 0.4) is 0 Å². The number of carboxylic acids is 1. The van der Waals surface area contributed by atoms with E-state index in [0.717, 1.165) is 6.54 Å². The third-order valence-corrected chi connectivity index (χ3v) is 7.14. The van der Waals surface area contributed by atoms with Crippen LogP contribution in [0.4, 0.5) is 22.0 Å². The van der Waals surface area contributed by atoms with Crippen molar-refractivity contribution in [1.82, 2.24) is 9.97 Å². The molecule has 11 heteroatoms. The van der Waals surface area contributed by atoms with E-state index in [2.05, 4.69) is 27.5 Å². The molecule has 1 fully saturated rings. The molecular weight excluding hydrogens is 572 g/mol. The standard InChI is InChI=1S/C24H25N5O5.C10H23N/c1-2-34-20-19(23(30)31)27-21(28-22(20)29-12-14-33-15-13-29)16-8-10-18(11-9-16)26-24(32)25-17-6-4-3-5-7-17;1-2-3-4-5-6-7-8-9-10-11/h3-11H,2,12-15H2,1H3,(H,30,31)(H2,25,26,32);2-11H2,1H3. The van der Waals surface area contributed by atoms with Crippen molar-refractivity contribution in [2.24, 2.45) is 5.73 Å². The fourth-order valence-electron chi connectivity index (χ4n) is 4.78. The Morgan fingerprint density at radius 3 is 2.04 bits per heavy atom. The molecule has 0 radical (unpaired) electrons. The molecule has 45 heavy (non-hydrogen) atoms. The molecule has 2 amide bonds. The lowest BCUT2D eigenvalue weighted by atomic mass is 10.1. The van der Waals surface area contributed by atoms with Gasteiger partial charge in [-0.15, -0.1) is 0 Å². The summed E-state index contributed by atoms with van der Waals surface area (Å²) in [6.45, 7) is 7.35. The number of hydrogen-bond donors (Lipinski definition) is 4. The van der Waals surface area contributed by atoms with Gasteiger partial charge < -0.3 is 35.8 Å². The van der Waals surface area contributed by atoms with Crippen LogP contribution >= 0.6 is 0 Å². The number of unbranched alkanes of at least 4 members (excludes halogenated alkanes) is 7. The summed E-state index contributed by atoms with van der Waals surface area (Å²) in [6.07, 6.45) is 11.0. The molecule has 0 saturated carbocycles. The lowest BCUT2D eigenvalue weighted by Gasteiger charge is -2.29. The molecule has 5 N–H and O–H groups in total. The number of hydrogen-bond acceptors (Lipinski definition) is 8. The van der Waals surface area contributed by atoms with Crippen LogP contribution < -0.4 is 26.0 Å². The molecule has 11 nitrogen and oxygen atoms in total. The Kier molecular flexibility index (Phi) is 15.6. The van der Waals surface area contributed by atoms with E-state index in [-0.39, 0.29) is 29.9 Å². The SMILES string of the molecule is CCCCCCCCCCN.CCOc1c(C(=O)O)nc(-c2ccc(NC(=O)Nc3ccccc3)cc2)nc1N1CCOCC1. The lowest BCUT2D eigenvalue weighted by Crippen LogP contribution is -2.37. The van der Waals surface area contributed by atoms with Crippen LogP contribution in [-0.2, 0) is 4.74 Å². The molecule has 1 aliphatic rings. The van der Waals surface area contributed by atoms with Crippen LogP contribution in [0.15, 0.2) is 54.6 Å². The summed E-state index contributed by atoms with van der Waals surface area (Å²) in [5.74, 6) is -0.367. The molecule has 0 aliphatic carbocycles. The van der Waals surface area contributed by atoms with Gasteiger partial charge in [0.1, 0.15) is 0 Å². The Morgan fingerprint density at radius 2 is 1.47 bits per heavy atom. The lowest BCUT2D eigenvalue weighted by molar-refractivity contribution is 0.0685. The van der Waals surface area contributed by atoms with Gasteiger partial charge in [0, 0.05) is 30.0 Å². The van der Waals surface area contributed by atoms with E-state index in [1.165, 1.54) is 51.4 Å². The quantitative estimate of drug-likeness (QED) is 0.134. The number of amides is 2. The minimum atomic E-state index is -1.20. The first-order valence-electron chi connectivity index (χ1n) is 16.0. The van der Waals surface area contributed by atoms with Gasteiger partial charge in [-0.1, -0.05) is 70.1 Å². The Bertz CT molecular complexity index is 1290. The zero-order valence-electron chi connectivity index (χ0n) is 26.6. The van der Waals surface area contributed by atoms with E-state index < -0.39 is 5.97 Å². The number of carbonyl (C=O) groups is 2. The van der Waals surface area contributed by atoms with E-state index >= 15 is 0 Å². The highest BCUT2D eigenvalue weighted by Crippen LogP contribution is 2.33. The third kappa shape index (κ3) is 12.0. The van der Waals surface area contributed by atoms with Crippen molar-refractivity contribution in [2.75, 3.05) is 55.0 Å². The van der Waals surface area contributed by atoms with Crippen LogP contribution in [-0.4, -0.2) is 66.5 Å². The molecule has 244 valence electrons. The van der Waals surface area contributed by atoms with E-state index in [9.17, 15) is 14.7 Å². The minimum absolute atomic E-state index is 0.150. The number of carbonyl (C=O) groups excluding carboxylic acids is 1. The maximum absolute atomic E-state index is 12.2. The maximum Gasteiger partial charge on any atom is 0.358 e. The number of benzene rings is 2. The summed E-state index contributed by atoms with van der Waals surface area (Å²) in [7, 11) is 0. The number of urea groups is 1. The molecule has 2 heterocycles. The predicted octanol–water partition coefficient (Wildman–Crippen LogP) is 6.81. The largest absolute Gasteiger partial charge is 0.488 e. The van der Waals surface area contributed by atoms with Crippen molar-refractivity contribution in [3.63, 3.8) is 0 Å². The van der Waals surface area contributed by atoms with Gasteiger partial charge in [0.15, 0.2) is 23.1 Å². The highest BCUT2D eigenvalue weighted by Gasteiger charge is 2.26. The monoisotopic (exact) mass is 620 g/mol. The molecule has 0 unspecified atom stereocenters. The second-order valence-electron chi connectivity index (χ2n) is 10.7. The number of aromatic carboxylic acids is 1. The van der Waals surface area contributed by atoms with Crippen LogP contribution in [0.2, 0.25) is 0 Å².